The first-order valence-electron chi connectivity index (χ1n) is 5.90. The maximum atomic E-state index is 12.1. The van der Waals surface area contributed by atoms with Crippen LogP contribution in [-0.2, 0) is 14.3 Å². The van der Waals surface area contributed by atoms with Crippen molar-refractivity contribution in [3.63, 3.8) is 0 Å². The van der Waals surface area contributed by atoms with Gasteiger partial charge >= 0.3 is 0 Å². The molecule has 1 aliphatic carbocycles. The molecule has 0 unspecified atom stereocenters. The monoisotopic (exact) mass is 382 g/mol. The summed E-state index contributed by atoms with van der Waals surface area (Å²) < 4.78 is 15.9. The van der Waals surface area contributed by atoms with Gasteiger partial charge in [-0.3, -0.25) is 4.79 Å². The highest BCUT2D eigenvalue weighted by Gasteiger charge is 2.35. The van der Waals surface area contributed by atoms with Crippen molar-refractivity contribution >= 4 is 52.2 Å². The van der Waals surface area contributed by atoms with Crippen LogP contribution in [0.15, 0.2) is 35.1 Å². The Morgan fingerprint density at radius 3 is 2.00 bits per heavy atom. The zero-order chi connectivity index (χ0) is 16.5. The fourth-order valence-electron chi connectivity index (χ4n) is 1.78. The fourth-order valence-corrected chi connectivity index (χ4v) is 2.92. The Bertz CT molecular complexity index is 654. The molecular formula is C14H10Cl4O4. The predicted molar refractivity (Wildman–Crippen MR) is 85.9 cm³/mol. The molecule has 4 nitrogen and oxygen atoms in total. The van der Waals surface area contributed by atoms with Gasteiger partial charge in [0.2, 0.25) is 11.6 Å². The Kier molecular flexibility index (Phi) is 5.43. The average molecular weight is 384 g/mol. The molecule has 1 aromatic carbocycles. The van der Waals surface area contributed by atoms with Crippen LogP contribution in [0.2, 0.25) is 15.1 Å². The van der Waals surface area contributed by atoms with E-state index in [9.17, 15) is 4.79 Å². The van der Waals surface area contributed by atoms with E-state index in [-0.39, 0.29) is 26.6 Å². The van der Waals surface area contributed by atoms with Gasteiger partial charge in [0.1, 0.15) is 0 Å². The third-order valence-electron chi connectivity index (χ3n) is 2.91. The lowest BCUT2D eigenvalue weighted by Crippen LogP contribution is -2.34. The lowest BCUT2D eigenvalue weighted by molar-refractivity contribution is -0.139. The van der Waals surface area contributed by atoms with Crippen molar-refractivity contribution in [1.82, 2.24) is 0 Å². The summed E-state index contributed by atoms with van der Waals surface area (Å²) in [6.07, 6.45) is 2.66. The van der Waals surface area contributed by atoms with E-state index >= 15 is 0 Å². The SMILES string of the molecule is COC1(OC)C=C(Cl)C(=O)C(Oc2c(Cl)cc(Cl)cc2Cl)=C1. The van der Waals surface area contributed by atoms with E-state index in [4.69, 9.17) is 60.6 Å². The molecule has 0 amide bonds. The molecule has 0 saturated carbocycles. The summed E-state index contributed by atoms with van der Waals surface area (Å²) in [6.45, 7) is 0. The molecule has 0 saturated heterocycles. The molecule has 1 aromatic rings. The average Bonchev–Trinajstić information content (AvgIpc) is 2.47. The van der Waals surface area contributed by atoms with Crippen LogP contribution in [0, 0.1) is 0 Å². The van der Waals surface area contributed by atoms with E-state index < -0.39 is 11.6 Å². The van der Waals surface area contributed by atoms with Crippen molar-refractivity contribution in [2.45, 2.75) is 5.79 Å². The van der Waals surface area contributed by atoms with Gasteiger partial charge in [0.05, 0.1) is 15.1 Å². The van der Waals surface area contributed by atoms with Crippen molar-refractivity contribution < 1.29 is 19.0 Å². The maximum absolute atomic E-state index is 12.1. The lowest BCUT2D eigenvalue weighted by atomic mass is 10.1. The molecule has 0 aromatic heterocycles. The smallest absolute Gasteiger partial charge is 0.239 e. The molecule has 8 heteroatoms. The molecule has 2 rings (SSSR count). The number of ketones is 1. The Morgan fingerprint density at radius 2 is 1.50 bits per heavy atom. The first kappa shape index (κ1) is 17.6. The molecule has 0 bridgehead atoms. The summed E-state index contributed by atoms with van der Waals surface area (Å²) in [5.41, 5.74) is 0. The minimum absolute atomic E-state index is 0.0832. The molecule has 0 radical (unpaired) electrons. The number of hydrogen-bond acceptors (Lipinski definition) is 4. The third kappa shape index (κ3) is 3.43. The Balaban J connectivity index is 2.44. The molecular weight excluding hydrogens is 374 g/mol. The van der Waals surface area contributed by atoms with Crippen molar-refractivity contribution in [2.75, 3.05) is 14.2 Å². The summed E-state index contributed by atoms with van der Waals surface area (Å²) >= 11 is 23.8. The van der Waals surface area contributed by atoms with Crippen LogP contribution in [0.5, 0.6) is 5.75 Å². The Labute approximate surface area is 147 Å². The number of ether oxygens (including phenoxy) is 3. The first-order valence-corrected chi connectivity index (χ1v) is 7.41. The number of benzene rings is 1. The molecule has 1 aliphatic rings. The highest BCUT2D eigenvalue weighted by Crippen LogP contribution is 2.38. The van der Waals surface area contributed by atoms with Gasteiger partial charge in [-0.2, -0.15) is 0 Å². The van der Waals surface area contributed by atoms with Crippen LogP contribution in [0.4, 0.5) is 0 Å². The Morgan fingerprint density at radius 1 is 0.955 bits per heavy atom. The normalized spacial score (nSPS) is 17.1. The topological polar surface area (TPSA) is 44.8 Å². The van der Waals surface area contributed by atoms with Crippen molar-refractivity contribution in [3.8, 4) is 5.75 Å². The summed E-state index contributed by atoms with van der Waals surface area (Å²) in [5.74, 6) is -1.90. The maximum Gasteiger partial charge on any atom is 0.239 e. The first-order chi connectivity index (χ1) is 10.3. The van der Waals surface area contributed by atoms with Crippen molar-refractivity contribution in [3.05, 3.63) is 50.1 Å². The van der Waals surface area contributed by atoms with Gasteiger partial charge in [0.25, 0.3) is 0 Å². The summed E-state index contributed by atoms with van der Waals surface area (Å²) in [7, 11) is 2.80. The van der Waals surface area contributed by atoms with E-state index in [1.807, 2.05) is 0 Å². The van der Waals surface area contributed by atoms with Gasteiger partial charge in [-0.25, -0.2) is 0 Å². The Hall–Kier alpha value is -0.750. The number of carbonyl (C=O) groups is 1. The van der Waals surface area contributed by atoms with E-state index in [2.05, 4.69) is 0 Å². The van der Waals surface area contributed by atoms with E-state index in [0.717, 1.165) is 0 Å². The summed E-state index contributed by atoms with van der Waals surface area (Å²) in [4.78, 5) is 12.1. The number of hydrogen-bond donors (Lipinski definition) is 0. The standard InChI is InChI=1S/C14H10Cl4O4/c1-20-14(21-2)5-10(18)12(19)11(6-14)22-13-8(16)3-7(15)4-9(13)17/h3-6H,1-2H3. The van der Waals surface area contributed by atoms with Gasteiger partial charge < -0.3 is 14.2 Å². The second-order valence-electron chi connectivity index (χ2n) is 4.26. The number of Topliss-reactive ketones (excluding diaryl/α,β-unsaturated/α-hetero) is 1. The van der Waals surface area contributed by atoms with Gasteiger partial charge in [-0.15, -0.1) is 0 Å². The molecule has 0 aliphatic heterocycles. The van der Waals surface area contributed by atoms with Crippen LogP contribution < -0.4 is 4.74 Å². The zero-order valence-electron chi connectivity index (χ0n) is 11.5. The van der Waals surface area contributed by atoms with Gasteiger partial charge in [-0.05, 0) is 12.1 Å². The quantitative estimate of drug-likeness (QED) is 0.712. The number of methoxy groups -OCH3 is 2. The molecule has 118 valence electrons. The van der Waals surface area contributed by atoms with Crippen LogP contribution in [0.25, 0.3) is 0 Å². The van der Waals surface area contributed by atoms with Crippen LogP contribution >= 0.6 is 46.4 Å². The highest BCUT2D eigenvalue weighted by atomic mass is 35.5. The van der Waals surface area contributed by atoms with Crippen LogP contribution in [-0.4, -0.2) is 25.8 Å². The van der Waals surface area contributed by atoms with Crippen molar-refractivity contribution in [1.29, 1.82) is 0 Å². The number of halogens is 4. The molecule has 0 atom stereocenters. The van der Waals surface area contributed by atoms with Crippen LogP contribution in [0.1, 0.15) is 0 Å². The third-order valence-corrected chi connectivity index (χ3v) is 3.97. The summed E-state index contributed by atoms with van der Waals surface area (Å²) in [6, 6.07) is 2.88. The molecule has 0 fully saturated rings. The molecule has 0 N–H and O–H groups in total. The van der Waals surface area contributed by atoms with Gasteiger partial charge in [0, 0.05) is 31.4 Å². The molecule has 0 heterocycles. The van der Waals surface area contributed by atoms with Crippen LogP contribution in [0.3, 0.4) is 0 Å². The number of rotatable bonds is 4. The van der Waals surface area contributed by atoms with Gasteiger partial charge in [-0.1, -0.05) is 46.4 Å². The number of allylic oxidation sites excluding steroid dienone is 1. The van der Waals surface area contributed by atoms with E-state index in [1.54, 1.807) is 0 Å². The minimum atomic E-state index is -1.31. The second-order valence-corrected chi connectivity index (χ2v) is 5.92. The van der Waals surface area contributed by atoms with E-state index in [0.29, 0.717) is 5.02 Å². The lowest BCUT2D eigenvalue weighted by Gasteiger charge is -2.28. The van der Waals surface area contributed by atoms with Gasteiger partial charge in [0.15, 0.2) is 11.5 Å². The van der Waals surface area contributed by atoms with Crippen molar-refractivity contribution in [2.24, 2.45) is 0 Å². The predicted octanol–water partition coefficient (Wildman–Crippen LogP) is 4.60. The van der Waals surface area contributed by atoms with E-state index in [1.165, 1.54) is 38.5 Å². The largest absolute Gasteiger partial charge is 0.450 e. The fraction of sp³-hybridized carbons (Fsp3) is 0.214. The zero-order valence-corrected chi connectivity index (χ0v) is 14.5. The minimum Gasteiger partial charge on any atom is -0.450 e. The number of carbonyl (C=O) groups excluding carboxylic acids is 1. The molecule has 0 spiro atoms. The highest BCUT2D eigenvalue weighted by molar-refractivity contribution is 6.45. The summed E-state index contributed by atoms with van der Waals surface area (Å²) in [5, 5.41) is 0.532. The second kappa shape index (κ2) is 6.79. The molecule has 22 heavy (non-hydrogen) atoms.